The summed E-state index contributed by atoms with van der Waals surface area (Å²) in [4.78, 5) is 48.9. The molecule has 1 aliphatic rings. The predicted molar refractivity (Wildman–Crippen MR) is 118 cm³/mol. The molecular weight excluding hydrogens is 428 g/mol. The zero-order chi connectivity index (χ0) is 23.7. The number of anilines is 1. The predicted octanol–water partition coefficient (Wildman–Crippen LogP) is 3.92. The van der Waals surface area contributed by atoms with Gasteiger partial charge in [0, 0.05) is 23.4 Å². The lowest BCUT2D eigenvalue weighted by atomic mass is 9.95. The second-order valence-electron chi connectivity index (χ2n) is 7.24. The van der Waals surface area contributed by atoms with Crippen LogP contribution in [0.25, 0.3) is 5.76 Å². The summed E-state index contributed by atoms with van der Waals surface area (Å²) in [6.45, 7) is 0. The summed E-state index contributed by atoms with van der Waals surface area (Å²) in [6, 6.07) is 17.8. The van der Waals surface area contributed by atoms with Crippen molar-refractivity contribution in [3.63, 3.8) is 0 Å². The number of nitro groups is 1. The standard InChI is InChI=1S/C24H16N2O7/c27-21(15-4-2-1-3-5-15)19-20(14-6-12-18(13-7-14)26(32)33)25(23(29)22(19)28)17-10-8-16(9-11-17)24(30)31/h1-13,20,27H,(H,30,31)/t20-/m1/s1. The number of benzene rings is 3. The lowest BCUT2D eigenvalue weighted by molar-refractivity contribution is -0.384. The molecule has 0 aromatic heterocycles. The third-order valence-corrected chi connectivity index (χ3v) is 5.30. The molecule has 1 aliphatic heterocycles. The number of carbonyl (C=O) groups excluding carboxylic acids is 2. The fourth-order valence-electron chi connectivity index (χ4n) is 3.71. The first kappa shape index (κ1) is 21.4. The van der Waals surface area contributed by atoms with E-state index in [-0.39, 0.29) is 28.3 Å². The van der Waals surface area contributed by atoms with Crippen LogP contribution in [0.1, 0.15) is 27.5 Å². The van der Waals surface area contributed by atoms with Gasteiger partial charge in [-0.25, -0.2) is 4.79 Å². The Morgan fingerprint density at radius 1 is 0.848 bits per heavy atom. The number of aliphatic hydroxyl groups excluding tert-OH is 1. The van der Waals surface area contributed by atoms with Gasteiger partial charge in [0.1, 0.15) is 5.76 Å². The molecule has 9 nitrogen and oxygen atoms in total. The number of carboxylic acids is 1. The average Bonchev–Trinajstić information content (AvgIpc) is 3.09. The van der Waals surface area contributed by atoms with Gasteiger partial charge in [0.25, 0.3) is 17.4 Å². The van der Waals surface area contributed by atoms with Gasteiger partial charge >= 0.3 is 5.97 Å². The lowest BCUT2D eigenvalue weighted by Gasteiger charge is -2.25. The Bertz CT molecular complexity index is 1300. The van der Waals surface area contributed by atoms with E-state index in [1.165, 1.54) is 48.5 Å². The minimum atomic E-state index is -1.15. The highest BCUT2D eigenvalue weighted by Gasteiger charge is 2.47. The van der Waals surface area contributed by atoms with Gasteiger partial charge in [-0.05, 0) is 42.0 Å². The number of hydrogen-bond donors (Lipinski definition) is 2. The van der Waals surface area contributed by atoms with Gasteiger partial charge in [0.15, 0.2) is 0 Å². The van der Waals surface area contributed by atoms with Crippen LogP contribution in [-0.2, 0) is 9.59 Å². The molecule has 164 valence electrons. The Labute approximate surface area is 187 Å². The number of nitro benzene ring substituents is 1. The molecule has 0 radical (unpaired) electrons. The maximum atomic E-state index is 13.0. The van der Waals surface area contributed by atoms with Crippen LogP contribution in [0.3, 0.4) is 0 Å². The molecule has 9 heteroatoms. The monoisotopic (exact) mass is 444 g/mol. The Morgan fingerprint density at radius 3 is 2.00 bits per heavy atom. The van der Waals surface area contributed by atoms with Crippen LogP contribution in [0, 0.1) is 10.1 Å². The smallest absolute Gasteiger partial charge is 0.335 e. The first-order valence-electron chi connectivity index (χ1n) is 9.73. The molecule has 0 aliphatic carbocycles. The van der Waals surface area contributed by atoms with Gasteiger partial charge in [-0.2, -0.15) is 0 Å². The van der Waals surface area contributed by atoms with Gasteiger partial charge in [0.05, 0.1) is 22.1 Å². The van der Waals surface area contributed by atoms with Gasteiger partial charge in [-0.15, -0.1) is 0 Å². The molecule has 0 unspecified atom stereocenters. The quantitative estimate of drug-likeness (QED) is 0.200. The molecule has 4 rings (SSSR count). The Hall–Kier alpha value is -4.79. The highest BCUT2D eigenvalue weighted by molar-refractivity contribution is 6.51. The average molecular weight is 444 g/mol. The molecule has 1 saturated heterocycles. The van der Waals surface area contributed by atoms with Gasteiger partial charge in [-0.1, -0.05) is 30.3 Å². The summed E-state index contributed by atoms with van der Waals surface area (Å²) in [5, 5.41) is 31.2. The summed E-state index contributed by atoms with van der Waals surface area (Å²) in [7, 11) is 0. The van der Waals surface area contributed by atoms with Crippen LogP contribution in [0.5, 0.6) is 0 Å². The fraction of sp³-hybridized carbons (Fsp3) is 0.0417. The molecule has 1 heterocycles. The van der Waals surface area contributed by atoms with Crippen LogP contribution < -0.4 is 4.90 Å². The molecule has 3 aromatic carbocycles. The number of carbonyl (C=O) groups is 3. The fourth-order valence-corrected chi connectivity index (χ4v) is 3.71. The number of ketones is 1. The maximum absolute atomic E-state index is 13.0. The number of hydrogen-bond acceptors (Lipinski definition) is 6. The topological polar surface area (TPSA) is 138 Å². The van der Waals surface area contributed by atoms with E-state index in [9.17, 15) is 29.6 Å². The van der Waals surface area contributed by atoms with Crippen LogP contribution in [-0.4, -0.2) is 32.8 Å². The van der Waals surface area contributed by atoms with Gasteiger partial charge in [0.2, 0.25) is 0 Å². The number of amides is 1. The number of nitrogens with zero attached hydrogens (tertiary/aromatic N) is 2. The van der Waals surface area contributed by atoms with E-state index in [2.05, 4.69) is 0 Å². The molecule has 1 fully saturated rings. The van der Waals surface area contributed by atoms with Gasteiger partial charge < -0.3 is 10.2 Å². The Kier molecular flexibility index (Phi) is 5.45. The first-order chi connectivity index (χ1) is 15.8. The van der Waals surface area contributed by atoms with E-state index in [1.807, 2.05) is 0 Å². The normalized spacial score (nSPS) is 17.2. The van der Waals surface area contributed by atoms with Crippen molar-refractivity contribution in [3.05, 3.63) is 111 Å². The molecule has 2 N–H and O–H groups in total. The Balaban J connectivity index is 1.91. The van der Waals surface area contributed by atoms with E-state index in [0.717, 1.165) is 4.90 Å². The van der Waals surface area contributed by atoms with E-state index in [1.54, 1.807) is 30.3 Å². The number of non-ortho nitro benzene ring substituents is 1. The number of aliphatic hydroxyl groups is 1. The summed E-state index contributed by atoms with van der Waals surface area (Å²) >= 11 is 0. The number of Topliss-reactive ketones (excluding diaryl/α,β-unsaturated/α-hetero) is 1. The van der Waals surface area contributed by atoms with Crippen molar-refractivity contribution in [1.82, 2.24) is 0 Å². The summed E-state index contributed by atoms with van der Waals surface area (Å²) in [5.74, 6) is -3.39. The molecular formula is C24H16N2O7. The second-order valence-corrected chi connectivity index (χ2v) is 7.24. The van der Waals surface area contributed by atoms with Crippen LogP contribution in [0.15, 0.2) is 84.4 Å². The number of aromatic carboxylic acids is 1. The van der Waals surface area contributed by atoms with Gasteiger partial charge in [-0.3, -0.25) is 24.6 Å². The highest BCUT2D eigenvalue weighted by atomic mass is 16.6. The number of rotatable bonds is 5. The van der Waals surface area contributed by atoms with Crippen molar-refractivity contribution in [2.24, 2.45) is 0 Å². The summed E-state index contributed by atoms with van der Waals surface area (Å²) in [5.41, 5.74) is 0.555. The highest BCUT2D eigenvalue weighted by Crippen LogP contribution is 2.42. The molecule has 0 saturated carbocycles. The number of carboxylic acid groups (broad SMARTS) is 1. The molecule has 0 bridgehead atoms. The minimum Gasteiger partial charge on any atom is -0.507 e. The molecule has 1 amide bonds. The van der Waals surface area contributed by atoms with Crippen molar-refractivity contribution in [2.75, 3.05) is 4.90 Å². The van der Waals surface area contributed by atoms with Crippen LogP contribution >= 0.6 is 0 Å². The molecule has 3 aromatic rings. The van der Waals surface area contributed by atoms with Crippen molar-refractivity contribution < 1.29 is 29.5 Å². The second kappa shape index (κ2) is 8.39. The third kappa shape index (κ3) is 3.83. The largest absolute Gasteiger partial charge is 0.507 e. The minimum absolute atomic E-state index is 0.00786. The van der Waals surface area contributed by atoms with E-state index in [4.69, 9.17) is 5.11 Å². The SMILES string of the molecule is O=C1C(=O)N(c2ccc(C(=O)O)cc2)[C@H](c2ccc([N+](=O)[O-])cc2)C1=C(O)c1ccccc1. The first-order valence-corrected chi connectivity index (χ1v) is 9.73. The summed E-state index contributed by atoms with van der Waals surface area (Å²) < 4.78 is 0. The van der Waals surface area contributed by atoms with E-state index >= 15 is 0 Å². The third-order valence-electron chi connectivity index (χ3n) is 5.30. The van der Waals surface area contributed by atoms with Crippen molar-refractivity contribution in [1.29, 1.82) is 0 Å². The molecule has 1 atom stereocenters. The maximum Gasteiger partial charge on any atom is 0.335 e. The van der Waals surface area contributed by atoms with Crippen LogP contribution in [0.4, 0.5) is 11.4 Å². The molecule has 0 spiro atoms. The van der Waals surface area contributed by atoms with Crippen molar-refractivity contribution in [3.8, 4) is 0 Å². The van der Waals surface area contributed by atoms with Crippen molar-refractivity contribution in [2.45, 2.75) is 6.04 Å². The van der Waals surface area contributed by atoms with Crippen molar-refractivity contribution >= 4 is 34.8 Å². The lowest BCUT2D eigenvalue weighted by Crippen LogP contribution is -2.29. The van der Waals surface area contributed by atoms with Crippen LogP contribution in [0.2, 0.25) is 0 Å². The molecule has 33 heavy (non-hydrogen) atoms. The zero-order valence-electron chi connectivity index (χ0n) is 16.9. The van der Waals surface area contributed by atoms with E-state index < -0.39 is 28.6 Å². The summed E-state index contributed by atoms with van der Waals surface area (Å²) in [6.07, 6.45) is 0. The Morgan fingerprint density at radius 2 is 1.45 bits per heavy atom. The zero-order valence-corrected chi connectivity index (χ0v) is 16.9. The van der Waals surface area contributed by atoms with E-state index in [0.29, 0.717) is 11.1 Å².